The minimum Gasteiger partial charge on any atom is -0.478 e. The fourth-order valence-corrected chi connectivity index (χ4v) is 3.85. The molecule has 3 aliphatic rings. The highest BCUT2D eigenvalue weighted by Crippen LogP contribution is 2.19. The number of anilines is 1. The molecular weight excluding hydrogens is 332 g/mol. The lowest BCUT2D eigenvalue weighted by Crippen LogP contribution is -2.65. The normalized spacial score (nSPS) is 27.2. The lowest BCUT2D eigenvalue weighted by Gasteiger charge is -2.39. The molecule has 0 aromatic heterocycles. The number of aliphatic imine (C=N–C) groups is 1. The van der Waals surface area contributed by atoms with E-state index in [1.807, 2.05) is 6.07 Å². The van der Waals surface area contributed by atoms with Crippen molar-refractivity contribution < 1.29 is 9.90 Å². The third-order valence-electron chi connectivity index (χ3n) is 5.23. The lowest BCUT2D eigenvalue weighted by molar-refractivity contribution is 0.0698. The fourth-order valence-electron chi connectivity index (χ4n) is 3.85. The maximum Gasteiger partial charge on any atom is 0.337 e. The van der Waals surface area contributed by atoms with Crippen LogP contribution in [0, 0.1) is 0 Å². The first-order valence-electron chi connectivity index (χ1n) is 9.38. The van der Waals surface area contributed by atoms with E-state index in [9.17, 15) is 9.90 Å². The maximum atomic E-state index is 11.5. The zero-order chi connectivity index (χ0) is 17.9. The van der Waals surface area contributed by atoms with Crippen LogP contribution >= 0.6 is 0 Å². The molecule has 0 amide bonds. The van der Waals surface area contributed by atoms with E-state index < -0.39 is 5.97 Å². The van der Waals surface area contributed by atoms with Crippen molar-refractivity contribution >= 4 is 17.6 Å². The molecule has 4 rings (SSSR count). The number of guanidine groups is 1. The third kappa shape index (κ3) is 3.67. The van der Waals surface area contributed by atoms with Crippen LogP contribution in [0.4, 0.5) is 5.69 Å². The topological polar surface area (TPSA) is 92.2 Å². The Bertz CT molecular complexity index is 682. The van der Waals surface area contributed by atoms with Gasteiger partial charge in [-0.15, -0.1) is 0 Å². The van der Waals surface area contributed by atoms with Crippen molar-refractivity contribution in [3.8, 4) is 0 Å². The van der Waals surface area contributed by atoms with Crippen LogP contribution in [0.3, 0.4) is 0 Å². The van der Waals surface area contributed by atoms with E-state index in [1.165, 1.54) is 25.7 Å². The second-order valence-corrected chi connectivity index (χ2v) is 7.03. The van der Waals surface area contributed by atoms with Gasteiger partial charge >= 0.3 is 5.97 Å². The third-order valence-corrected chi connectivity index (χ3v) is 5.23. The van der Waals surface area contributed by atoms with Gasteiger partial charge in [-0.05, 0) is 37.8 Å². The Morgan fingerprint density at radius 2 is 1.73 bits per heavy atom. The molecular formula is C18H26N6O2. The molecule has 0 spiro atoms. The summed E-state index contributed by atoms with van der Waals surface area (Å²) in [5.41, 5.74) is 0.791. The van der Waals surface area contributed by atoms with Gasteiger partial charge in [-0.1, -0.05) is 12.1 Å². The van der Waals surface area contributed by atoms with Crippen molar-refractivity contribution in [2.24, 2.45) is 4.99 Å². The summed E-state index contributed by atoms with van der Waals surface area (Å²) >= 11 is 0. The zero-order valence-electron chi connectivity index (χ0n) is 14.8. The first kappa shape index (κ1) is 17.3. The van der Waals surface area contributed by atoms with Crippen molar-refractivity contribution in [3.63, 3.8) is 0 Å². The molecule has 1 aromatic carbocycles. The Balaban J connectivity index is 1.56. The van der Waals surface area contributed by atoms with Crippen molar-refractivity contribution in [3.05, 3.63) is 29.8 Å². The van der Waals surface area contributed by atoms with Crippen molar-refractivity contribution in [2.45, 2.75) is 38.3 Å². The number of para-hydroxylation sites is 1. The molecule has 3 heterocycles. The van der Waals surface area contributed by atoms with Crippen LogP contribution in [0.1, 0.15) is 36.0 Å². The number of carbonyl (C=O) groups is 1. The predicted octanol–water partition coefficient (Wildman–Crippen LogP) is 1.10. The van der Waals surface area contributed by atoms with Crippen LogP contribution in [0.2, 0.25) is 0 Å². The number of hydrogen-bond acceptors (Lipinski definition) is 7. The van der Waals surface area contributed by atoms with Gasteiger partial charge in [-0.3, -0.25) is 9.80 Å². The highest BCUT2D eigenvalue weighted by molar-refractivity contribution is 6.01. The molecule has 1 aromatic rings. The molecule has 8 nitrogen and oxygen atoms in total. The molecule has 2 saturated heterocycles. The molecule has 2 fully saturated rings. The highest BCUT2D eigenvalue weighted by atomic mass is 16.4. The minimum absolute atomic E-state index is 0.0000836. The minimum atomic E-state index is -0.949. The van der Waals surface area contributed by atoms with Gasteiger partial charge in [0.05, 0.1) is 11.3 Å². The van der Waals surface area contributed by atoms with Crippen LogP contribution in [0.15, 0.2) is 29.3 Å². The molecule has 26 heavy (non-hydrogen) atoms. The first-order valence-corrected chi connectivity index (χ1v) is 9.38. The van der Waals surface area contributed by atoms with Crippen LogP contribution in [-0.4, -0.2) is 65.6 Å². The predicted molar refractivity (Wildman–Crippen MR) is 99.9 cm³/mol. The first-order chi connectivity index (χ1) is 12.7. The van der Waals surface area contributed by atoms with E-state index in [-0.39, 0.29) is 18.1 Å². The van der Waals surface area contributed by atoms with Crippen LogP contribution in [0.25, 0.3) is 0 Å². The van der Waals surface area contributed by atoms with Crippen molar-refractivity contribution in [1.82, 2.24) is 20.4 Å². The highest BCUT2D eigenvalue weighted by Gasteiger charge is 2.32. The monoisotopic (exact) mass is 358 g/mol. The SMILES string of the molecule is O=C(O)c1ccccc1NC1=NC(N2CCCC2)NC(N2CCCC2)N1. The average Bonchev–Trinajstić information content (AvgIpc) is 3.36. The number of benzene rings is 1. The Labute approximate surface area is 153 Å². The average molecular weight is 358 g/mol. The summed E-state index contributed by atoms with van der Waals surface area (Å²) in [5.74, 6) is -0.332. The summed E-state index contributed by atoms with van der Waals surface area (Å²) < 4.78 is 0. The zero-order valence-corrected chi connectivity index (χ0v) is 14.8. The number of carboxylic acids is 1. The summed E-state index contributed by atoms with van der Waals surface area (Å²) in [4.78, 5) is 21.0. The molecule has 0 bridgehead atoms. The molecule has 0 aliphatic carbocycles. The van der Waals surface area contributed by atoms with E-state index in [2.05, 4.69) is 25.8 Å². The Morgan fingerprint density at radius 3 is 2.42 bits per heavy atom. The van der Waals surface area contributed by atoms with Crippen molar-refractivity contribution in [1.29, 1.82) is 0 Å². The van der Waals surface area contributed by atoms with E-state index in [1.54, 1.807) is 18.2 Å². The van der Waals surface area contributed by atoms with E-state index in [0.29, 0.717) is 11.6 Å². The number of carboxylic acid groups (broad SMARTS) is 1. The van der Waals surface area contributed by atoms with Crippen molar-refractivity contribution in [2.75, 3.05) is 31.5 Å². The molecule has 140 valence electrons. The maximum absolute atomic E-state index is 11.5. The van der Waals surface area contributed by atoms with Gasteiger partial charge in [-0.2, -0.15) is 0 Å². The Kier molecular flexibility index (Phi) is 5.05. The molecule has 0 saturated carbocycles. The molecule has 0 radical (unpaired) electrons. The van der Waals surface area contributed by atoms with Gasteiger partial charge in [0.15, 0.2) is 6.29 Å². The van der Waals surface area contributed by atoms with Gasteiger partial charge in [0.2, 0.25) is 5.96 Å². The quantitative estimate of drug-likeness (QED) is 0.641. The molecule has 2 unspecified atom stereocenters. The standard InChI is InChI=1S/C18H26N6O2/c25-15(26)13-7-1-2-8-14(13)19-16-20-17(23-9-3-4-10-23)22-18(21-16)24-11-5-6-12-24/h1-2,7-8,17-18,22H,3-6,9-12H2,(H,25,26)(H2,19,20,21). The van der Waals surface area contributed by atoms with Gasteiger partial charge in [0, 0.05) is 26.2 Å². The molecule has 3 aliphatic heterocycles. The Hall–Kier alpha value is -2.16. The van der Waals surface area contributed by atoms with Crippen LogP contribution < -0.4 is 16.0 Å². The molecule has 2 atom stereocenters. The number of rotatable bonds is 4. The number of aromatic carboxylic acids is 1. The fraction of sp³-hybridized carbons (Fsp3) is 0.556. The summed E-state index contributed by atoms with van der Waals surface area (Å²) in [6.07, 6.45) is 4.70. The van der Waals surface area contributed by atoms with Gasteiger partial charge in [0.25, 0.3) is 0 Å². The van der Waals surface area contributed by atoms with Gasteiger partial charge < -0.3 is 15.7 Å². The summed E-state index contributed by atoms with van der Waals surface area (Å²) in [7, 11) is 0. The second-order valence-electron chi connectivity index (χ2n) is 7.03. The largest absolute Gasteiger partial charge is 0.478 e. The number of nitrogens with zero attached hydrogens (tertiary/aromatic N) is 3. The second kappa shape index (κ2) is 7.61. The van der Waals surface area contributed by atoms with Gasteiger partial charge in [0.1, 0.15) is 6.29 Å². The smallest absolute Gasteiger partial charge is 0.337 e. The lowest BCUT2D eigenvalue weighted by atomic mass is 10.2. The van der Waals surface area contributed by atoms with E-state index >= 15 is 0 Å². The van der Waals surface area contributed by atoms with E-state index in [4.69, 9.17) is 4.99 Å². The Morgan fingerprint density at radius 1 is 1.08 bits per heavy atom. The van der Waals surface area contributed by atoms with Gasteiger partial charge in [-0.25, -0.2) is 15.1 Å². The summed E-state index contributed by atoms with van der Waals surface area (Å²) in [6.45, 7) is 4.17. The van der Waals surface area contributed by atoms with Crippen LogP contribution in [-0.2, 0) is 0 Å². The molecule has 8 heteroatoms. The number of nitrogens with one attached hydrogen (secondary N) is 3. The number of likely N-dealkylation sites (tertiary alicyclic amines) is 2. The van der Waals surface area contributed by atoms with Crippen LogP contribution in [0.5, 0.6) is 0 Å². The summed E-state index contributed by atoms with van der Waals surface area (Å²) in [6, 6.07) is 6.92. The van der Waals surface area contributed by atoms with E-state index in [0.717, 1.165) is 26.2 Å². The summed E-state index contributed by atoms with van der Waals surface area (Å²) in [5, 5.41) is 19.6. The molecule has 4 N–H and O–H groups in total. The number of hydrogen-bond donors (Lipinski definition) is 4.